The average Bonchev–Trinajstić information content (AvgIpc) is 2.93. The predicted molar refractivity (Wildman–Crippen MR) is 151 cm³/mol. The number of anilines is 1. The Morgan fingerprint density at radius 3 is 2.16 bits per heavy atom. The van der Waals surface area contributed by atoms with Crippen LogP contribution in [0, 0.1) is 6.92 Å². The van der Waals surface area contributed by atoms with Gasteiger partial charge in [0.2, 0.25) is 11.8 Å². The highest BCUT2D eigenvalue weighted by molar-refractivity contribution is 7.92. The van der Waals surface area contributed by atoms with Gasteiger partial charge in [0, 0.05) is 13.1 Å². The number of nitrogens with zero attached hydrogens (tertiary/aromatic N) is 2. The van der Waals surface area contributed by atoms with Crippen molar-refractivity contribution >= 4 is 27.5 Å². The molecule has 0 heterocycles. The van der Waals surface area contributed by atoms with Gasteiger partial charge in [-0.2, -0.15) is 0 Å². The van der Waals surface area contributed by atoms with Gasteiger partial charge >= 0.3 is 0 Å². The van der Waals surface area contributed by atoms with Crippen molar-refractivity contribution in [1.29, 1.82) is 0 Å². The molecule has 0 aromatic heterocycles. The molecule has 0 fully saturated rings. The van der Waals surface area contributed by atoms with Crippen LogP contribution in [0.25, 0.3) is 0 Å². The van der Waals surface area contributed by atoms with Crippen LogP contribution in [0.2, 0.25) is 0 Å². The first-order valence-corrected chi connectivity index (χ1v) is 14.5. The van der Waals surface area contributed by atoms with Crippen molar-refractivity contribution in [2.45, 2.75) is 51.0 Å². The second kappa shape index (κ2) is 13.8. The number of sulfonamides is 1. The first kappa shape index (κ1) is 28.9. The van der Waals surface area contributed by atoms with Crippen LogP contribution in [0.5, 0.6) is 0 Å². The summed E-state index contributed by atoms with van der Waals surface area (Å²) in [5, 5.41) is 2.90. The molecule has 1 N–H and O–H groups in total. The molecule has 0 saturated carbocycles. The molecular formula is C30H37N3O4S. The molecule has 0 aliphatic rings. The molecule has 0 aliphatic carbocycles. The van der Waals surface area contributed by atoms with Crippen molar-refractivity contribution in [1.82, 2.24) is 10.2 Å². The molecule has 38 heavy (non-hydrogen) atoms. The molecule has 0 radical (unpaired) electrons. The van der Waals surface area contributed by atoms with E-state index in [9.17, 15) is 18.0 Å². The van der Waals surface area contributed by atoms with Crippen LogP contribution in [0.3, 0.4) is 0 Å². The molecule has 2 amide bonds. The van der Waals surface area contributed by atoms with Gasteiger partial charge in [0.05, 0.1) is 10.6 Å². The van der Waals surface area contributed by atoms with E-state index in [1.807, 2.05) is 57.2 Å². The van der Waals surface area contributed by atoms with Gasteiger partial charge in [-0.1, -0.05) is 74.5 Å². The van der Waals surface area contributed by atoms with Gasteiger partial charge in [0.25, 0.3) is 10.0 Å². The largest absolute Gasteiger partial charge is 0.354 e. The molecule has 202 valence electrons. The number of hydrogen-bond donors (Lipinski definition) is 1. The van der Waals surface area contributed by atoms with Crippen LogP contribution >= 0.6 is 0 Å². The summed E-state index contributed by atoms with van der Waals surface area (Å²) in [6.45, 7) is 6.07. The summed E-state index contributed by atoms with van der Waals surface area (Å²) in [4.78, 5) is 28.6. The number of rotatable bonds is 13. The number of amides is 2. The van der Waals surface area contributed by atoms with Gasteiger partial charge < -0.3 is 10.2 Å². The van der Waals surface area contributed by atoms with Gasteiger partial charge in [-0.05, 0) is 61.6 Å². The standard InChI is InChI=1S/C30H37N3O4S/c1-4-20-31-30(35)28(5-2)32(21-19-25-14-8-6-9-15-25)29(34)23-33(26-16-12-13-24(3)22-26)38(36,37)27-17-10-7-11-18-27/h6-18,22,28H,4-5,19-21,23H2,1-3H3,(H,31,35)/t28-/m0/s1. The molecule has 3 aromatic carbocycles. The van der Waals surface area contributed by atoms with Gasteiger partial charge in [-0.25, -0.2) is 8.42 Å². The summed E-state index contributed by atoms with van der Waals surface area (Å²) in [5.41, 5.74) is 2.30. The number of benzene rings is 3. The molecule has 3 aromatic rings. The molecule has 0 saturated heterocycles. The zero-order valence-electron chi connectivity index (χ0n) is 22.3. The molecule has 7 nitrogen and oxygen atoms in total. The highest BCUT2D eigenvalue weighted by Gasteiger charge is 2.33. The summed E-state index contributed by atoms with van der Waals surface area (Å²) >= 11 is 0. The van der Waals surface area contributed by atoms with Crippen LogP contribution in [-0.4, -0.2) is 50.8 Å². The van der Waals surface area contributed by atoms with E-state index >= 15 is 0 Å². The molecule has 0 spiro atoms. The summed E-state index contributed by atoms with van der Waals surface area (Å²) in [7, 11) is -4.05. The van der Waals surface area contributed by atoms with E-state index in [1.165, 1.54) is 17.0 Å². The zero-order valence-corrected chi connectivity index (χ0v) is 23.2. The van der Waals surface area contributed by atoms with Crippen molar-refractivity contribution in [2.24, 2.45) is 0 Å². The predicted octanol–water partition coefficient (Wildman–Crippen LogP) is 4.57. The van der Waals surface area contributed by atoms with Crippen LogP contribution < -0.4 is 9.62 Å². The van der Waals surface area contributed by atoms with E-state index in [-0.39, 0.29) is 17.3 Å². The molecule has 8 heteroatoms. The van der Waals surface area contributed by atoms with Gasteiger partial charge in [0.1, 0.15) is 12.6 Å². The average molecular weight is 536 g/mol. The van der Waals surface area contributed by atoms with E-state index in [0.29, 0.717) is 25.1 Å². The van der Waals surface area contributed by atoms with Crippen molar-refractivity contribution in [3.63, 3.8) is 0 Å². The Morgan fingerprint density at radius 1 is 0.895 bits per heavy atom. The smallest absolute Gasteiger partial charge is 0.264 e. The highest BCUT2D eigenvalue weighted by Crippen LogP contribution is 2.25. The summed E-state index contributed by atoms with van der Waals surface area (Å²) in [5.74, 6) is -0.663. The minimum atomic E-state index is -4.05. The number of aryl methyl sites for hydroxylation is 1. The SMILES string of the molecule is CCCNC(=O)[C@H](CC)N(CCc1ccccc1)C(=O)CN(c1cccc(C)c1)S(=O)(=O)c1ccccc1. The van der Waals surface area contributed by atoms with Crippen LogP contribution in [0.4, 0.5) is 5.69 Å². The maximum Gasteiger partial charge on any atom is 0.264 e. The Labute approximate surface area is 226 Å². The first-order valence-electron chi connectivity index (χ1n) is 13.0. The number of carbonyl (C=O) groups excluding carboxylic acids is 2. The second-order valence-electron chi connectivity index (χ2n) is 9.20. The van der Waals surface area contributed by atoms with E-state index in [1.54, 1.807) is 36.4 Å². The summed E-state index contributed by atoms with van der Waals surface area (Å²) < 4.78 is 28.7. The van der Waals surface area contributed by atoms with Gasteiger partial charge in [-0.3, -0.25) is 13.9 Å². The molecule has 0 bridgehead atoms. The number of hydrogen-bond acceptors (Lipinski definition) is 4. The molecule has 0 aliphatic heterocycles. The van der Waals surface area contributed by atoms with Crippen LogP contribution in [0.15, 0.2) is 89.8 Å². The van der Waals surface area contributed by atoms with Crippen molar-refractivity contribution < 1.29 is 18.0 Å². The fraction of sp³-hybridized carbons (Fsp3) is 0.333. The first-order chi connectivity index (χ1) is 18.3. The number of nitrogens with one attached hydrogen (secondary N) is 1. The lowest BCUT2D eigenvalue weighted by molar-refractivity contribution is -0.139. The Balaban J connectivity index is 1.98. The molecule has 3 rings (SSSR count). The quantitative estimate of drug-likeness (QED) is 0.348. The fourth-order valence-electron chi connectivity index (χ4n) is 4.29. The van der Waals surface area contributed by atoms with E-state index in [2.05, 4.69) is 5.32 Å². The highest BCUT2D eigenvalue weighted by atomic mass is 32.2. The van der Waals surface area contributed by atoms with Crippen molar-refractivity contribution in [3.8, 4) is 0 Å². The Kier molecular flexibility index (Phi) is 10.5. The monoisotopic (exact) mass is 535 g/mol. The summed E-state index contributed by atoms with van der Waals surface area (Å²) in [6, 6.07) is 24.2. The third-order valence-electron chi connectivity index (χ3n) is 6.32. The maximum absolute atomic E-state index is 13.9. The van der Waals surface area contributed by atoms with Crippen molar-refractivity contribution in [2.75, 3.05) is 23.9 Å². The lowest BCUT2D eigenvalue weighted by Gasteiger charge is -2.33. The minimum absolute atomic E-state index is 0.0953. The fourth-order valence-corrected chi connectivity index (χ4v) is 5.72. The normalized spacial score (nSPS) is 12.0. The molecular weight excluding hydrogens is 498 g/mol. The topological polar surface area (TPSA) is 86.8 Å². The lowest BCUT2D eigenvalue weighted by atomic mass is 10.1. The van der Waals surface area contributed by atoms with E-state index in [4.69, 9.17) is 0 Å². The van der Waals surface area contributed by atoms with Crippen molar-refractivity contribution in [3.05, 3.63) is 96.1 Å². The van der Waals surface area contributed by atoms with Crippen LogP contribution in [0.1, 0.15) is 37.8 Å². The third-order valence-corrected chi connectivity index (χ3v) is 8.11. The van der Waals surface area contributed by atoms with E-state index < -0.39 is 28.5 Å². The van der Waals surface area contributed by atoms with Gasteiger partial charge in [-0.15, -0.1) is 0 Å². The van der Waals surface area contributed by atoms with Gasteiger partial charge in [0.15, 0.2) is 0 Å². The Bertz CT molecular complexity index is 1300. The van der Waals surface area contributed by atoms with Crippen LogP contribution in [-0.2, 0) is 26.0 Å². The van der Waals surface area contributed by atoms with E-state index in [0.717, 1.165) is 21.9 Å². The maximum atomic E-state index is 13.9. The number of carbonyl (C=O) groups is 2. The zero-order chi connectivity index (χ0) is 27.5. The third kappa shape index (κ3) is 7.44. The minimum Gasteiger partial charge on any atom is -0.354 e. The second-order valence-corrected chi connectivity index (χ2v) is 11.1. The lowest BCUT2D eigenvalue weighted by Crippen LogP contribution is -2.53. The molecule has 0 unspecified atom stereocenters. The Hall–Kier alpha value is -3.65. The molecule has 1 atom stereocenters. The Morgan fingerprint density at radius 2 is 1.55 bits per heavy atom. The summed E-state index contributed by atoms with van der Waals surface area (Å²) in [6.07, 6.45) is 1.72.